The first kappa shape index (κ1) is 25.1. The van der Waals surface area contributed by atoms with Crippen molar-refractivity contribution in [1.29, 1.82) is 5.26 Å². The minimum absolute atomic E-state index is 0.680. The molecular weight excluding hydrogens is 414 g/mol. The second kappa shape index (κ2) is 12.0. The highest BCUT2D eigenvalue weighted by Gasteiger charge is 2.31. The van der Waals surface area contributed by atoms with Crippen LogP contribution in [0.5, 0.6) is 5.75 Å². The number of hydrogen-bond donors (Lipinski definition) is 0. The van der Waals surface area contributed by atoms with Gasteiger partial charge in [-0.25, -0.2) is 0 Å². The van der Waals surface area contributed by atoms with Crippen molar-refractivity contribution >= 4 is 16.6 Å². The van der Waals surface area contributed by atoms with E-state index >= 15 is 0 Å². The normalized spacial score (nSPS) is 11.7. The van der Waals surface area contributed by atoms with Crippen LogP contribution in [0.4, 0.5) is 0 Å². The zero-order valence-corrected chi connectivity index (χ0v) is 21.6. The third-order valence-corrected chi connectivity index (χ3v) is 12.9. The summed E-state index contributed by atoms with van der Waals surface area (Å²) in [5.41, 5.74) is 2.92. The van der Waals surface area contributed by atoms with E-state index in [0.29, 0.717) is 5.56 Å². The highest BCUT2D eigenvalue weighted by Crippen LogP contribution is 2.25. The molecule has 0 unspecified atom stereocenters. The minimum atomic E-state index is -1.59. The van der Waals surface area contributed by atoms with E-state index < -0.39 is 16.6 Å². The molecule has 31 heavy (non-hydrogen) atoms. The van der Waals surface area contributed by atoms with Gasteiger partial charge in [0, 0.05) is 0 Å². The topological polar surface area (TPSA) is 42.2 Å². The molecule has 0 bridgehead atoms. The molecule has 0 aliphatic rings. The molecule has 0 saturated carbocycles. The molecule has 0 aliphatic heterocycles. The number of allylic oxidation sites excluding steroid dienone is 1. The molecule has 0 heterocycles. The summed E-state index contributed by atoms with van der Waals surface area (Å²) in [5, 5.41) is 8.91. The van der Waals surface area contributed by atoms with Crippen LogP contribution in [0.1, 0.15) is 31.2 Å². The van der Waals surface area contributed by atoms with Gasteiger partial charge in [-0.1, -0.05) is 43.2 Å². The first-order valence-corrected chi connectivity index (χ1v) is 17.5. The first-order chi connectivity index (χ1) is 14.7. The maximum atomic E-state index is 8.91. The minimum Gasteiger partial charge on any atom is -0.494 e. The van der Waals surface area contributed by atoms with Crippen LogP contribution in [0.2, 0.25) is 38.3 Å². The summed E-state index contributed by atoms with van der Waals surface area (Å²) in [7, 11) is -3.15. The quantitative estimate of drug-likeness (QED) is 0.177. The maximum Gasteiger partial charge on any atom is 0.173 e. The van der Waals surface area contributed by atoms with Crippen molar-refractivity contribution in [3.63, 3.8) is 0 Å². The predicted octanol–water partition coefficient (Wildman–Crippen LogP) is 7.78. The standard InChI is InChI=1S/C26H37NO2Si2/c1-6-7-20-30(2,3)29-31(4,5)21-10-8-9-19-28-26-17-15-25(16-18-26)24-13-11-23(22-27)12-14-24/h6,11-18H,1,7-10,19-21H2,2-5H3. The summed E-state index contributed by atoms with van der Waals surface area (Å²) in [4.78, 5) is 0. The molecule has 0 atom stereocenters. The van der Waals surface area contributed by atoms with E-state index in [-0.39, 0.29) is 0 Å². The molecule has 0 spiro atoms. The number of unbranched alkanes of at least 4 members (excludes halogenated alkanes) is 2. The van der Waals surface area contributed by atoms with Crippen molar-refractivity contribution in [2.45, 2.75) is 64.0 Å². The van der Waals surface area contributed by atoms with Gasteiger partial charge in [0.15, 0.2) is 16.6 Å². The number of benzene rings is 2. The van der Waals surface area contributed by atoms with Gasteiger partial charge < -0.3 is 8.85 Å². The smallest absolute Gasteiger partial charge is 0.173 e. The highest BCUT2D eigenvalue weighted by molar-refractivity contribution is 6.84. The zero-order valence-electron chi connectivity index (χ0n) is 19.6. The Morgan fingerprint density at radius 3 is 2.00 bits per heavy atom. The van der Waals surface area contributed by atoms with Crippen molar-refractivity contribution < 1.29 is 8.85 Å². The lowest BCUT2D eigenvalue weighted by Gasteiger charge is -2.34. The van der Waals surface area contributed by atoms with Gasteiger partial charge in [-0.05, 0) is 86.5 Å². The molecule has 166 valence electrons. The summed E-state index contributed by atoms with van der Waals surface area (Å²) in [6, 6.07) is 20.4. The third kappa shape index (κ3) is 9.26. The van der Waals surface area contributed by atoms with E-state index in [1.165, 1.54) is 24.9 Å². The Bertz CT molecular complexity index is 852. The molecule has 0 fully saturated rings. The Morgan fingerprint density at radius 1 is 0.839 bits per heavy atom. The van der Waals surface area contributed by atoms with E-state index in [1.54, 1.807) is 0 Å². The molecule has 2 rings (SSSR count). The average molecular weight is 452 g/mol. The molecule has 0 saturated heterocycles. The fourth-order valence-corrected chi connectivity index (χ4v) is 12.6. The Labute approximate surface area is 191 Å². The van der Waals surface area contributed by atoms with Gasteiger partial charge in [0.25, 0.3) is 0 Å². The number of nitriles is 1. The van der Waals surface area contributed by atoms with Crippen LogP contribution >= 0.6 is 0 Å². The van der Waals surface area contributed by atoms with Crippen molar-refractivity contribution in [2.24, 2.45) is 0 Å². The lowest BCUT2D eigenvalue weighted by atomic mass is 10.0. The number of ether oxygens (including phenoxy) is 1. The first-order valence-electron chi connectivity index (χ1n) is 11.3. The van der Waals surface area contributed by atoms with Gasteiger partial charge in [-0.2, -0.15) is 5.26 Å². The summed E-state index contributed by atoms with van der Waals surface area (Å²) < 4.78 is 12.6. The van der Waals surface area contributed by atoms with Gasteiger partial charge in [0.2, 0.25) is 0 Å². The van der Waals surface area contributed by atoms with Crippen LogP contribution in [0.3, 0.4) is 0 Å². The summed E-state index contributed by atoms with van der Waals surface area (Å²) in [5.74, 6) is 0.908. The molecule has 2 aromatic rings. The SMILES string of the molecule is C=CCC[Si](C)(C)O[Si](C)(C)CCCCCOc1ccc(-c2ccc(C#N)cc2)cc1. The Hall–Kier alpha value is -2.14. The van der Waals surface area contributed by atoms with E-state index in [4.69, 9.17) is 14.1 Å². The molecule has 2 aromatic carbocycles. The zero-order chi connectivity index (χ0) is 22.7. The van der Waals surface area contributed by atoms with Crippen LogP contribution in [0.25, 0.3) is 11.1 Å². The average Bonchev–Trinajstić information content (AvgIpc) is 2.74. The second-order valence-electron chi connectivity index (χ2n) is 9.32. The van der Waals surface area contributed by atoms with Crippen LogP contribution in [-0.2, 0) is 4.12 Å². The fraction of sp³-hybridized carbons (Fsp3) is 0.423. The Kier molecular flexibility index (Phi) is 9.76. The lowest BCUT2D eigenvalue weighted by molar-refractivity contribution is 0.306. The fourth-order valence-electron chi connectivity index (χ4n) is 3.80. The van der Waals surface area contributed by atoms with E-state index in [0.717, 1.165) is 36.3 Å². The predicted molar refractivity (Wildman–Crippen MR) is 136 cm³/mol. The van der Waals surface area contributed by atoms with Gasteiger partial charge in [0.1, 0.15) is 5.75 Å². The van der Waals surface area contributed by atoms with Crippen LogP contribution < -0.4 is 4.74 Å². The van der Waals surface area contributed by atoms with E-state index in [9.17, 15) is 0 Å². The number of hydrogen-bond acceptors (Lipinski definition) is 3. The Morgan fingerprint density at radius 2 is 1.42 bits per heavy atom. The summed E-state index contributed by atoms with van der Waals surface area (Å²) in [6.07, 6.45) is 6.53. The molecule has 3 nitrogen and oxygen atoms in total. The van der Waals surface area contributed by atoms with Crippen molar-refractivity contribution in [1.82, 2.24) is 0 Å². The number of rotatable bonds is 13. The van der Waals surface area contributed by atoms with E-state index in [1.807, 2.05) is 42.5 Å². The van der Waals surface area contributed by atoms with Gasteiger partial charge in [0.05, 0.1) is 18.2 Å². The van der Waals surface area contributed by atoms with Crippen LogP contribution in [-0.4, -0.2) is 23.2 Å². The maximum absolute atomic E-state index is 8.91. The second-order valence-corrected chi connectivity index (χ2v) is 18.2. The summed E-state index contributed by atoms with van der Waals surface area (Å²) in [6.45, 7) is 14.0. The van der Waals surface area contributed by atoms with Gasteiger partial charge >= 0.3 is 0 Å². The van der Waals surface area contributed by atoms with Crippen LogP contribution in [0, 0.1) is 11.3 Å². The highest BCUT2D eigenvalue weighted by atomic mass is 28.4. The molecule has 0 N–H and O–H groups in total. The number of nitrogens with zero attached hydrogens (tertiary/aromatic N) is 1. The third-order valence-electron chi connectivity index (χ3n) is 5.40. The molecular formula is C26H37NO2Si2. The molecule has 5 heteroatoms. The molecule has 0 aromatic heterocycles. The van der Waals surface area contributed by atoms with E-state index in [2.05, 4.69) is 51.0 Å². The van der Waals surface area contributed by atoms with Crippen LogP contribution in [0.15, 0.2) is 61.2 Å². The monoisotopic (exact) mass is 451 g/mol. The largest absolute Gasteiger partial charge is 0.494 e. The summed E-state index contributed by atoms with van der Waals surface area (Å²) >= 11 is 0. The van der Waals surface area contributed by atoms with Crippen molar-refractivity contribution in [2.75, 3.05) is 6.61 Å². The van der Waals surface area contributed by atoms with Crippen molar-refractivity contribution in [3.8, 4) is 22.9 Å². The molecule has 0 aliphatic carbocycles. The van der Waals surface area contributed by atoms with Crippen molar-refractivity contribution in [3.05, 3.63) is 66.7 Å². The van der Waals surface area contributed by atoms with Gasteiger partial charge in [-0.3, -0.25) is 0 Å². The van der Waals surface area contributed by atoms with Gasteiger partial charge in [-0.15, -0.1) is 6.58 Å². The molecule has 0 amide bonds. The molecule has 0 radical (unpaired) electrons. The Balaban J connectivity index is 1.68. The lowest BCUT2D eigenvalue weighted by Crippen LogP contribution is -2.44.